The molecule has 1 aromatic carbocycles. The fourth-order valence-corrected chi connectivity index (χ4v) is 2.32. The van der Waals surface area contributed by atoms with Gasteiger partial charge in [0.05, 0.1) is 25.0 Å². The normalized spacial score (nSPS) is 13.4. The molecule has 2 N–H and O–H groups in total. The Morgan fingerprint density at radius 1 is 1.39 bits per heavy atom. The zero-order chi connectivity index (χ0) is 16.4. The number of hydrogen-bond donors (Lipinski definition) is 1. The van der Waals surface area contributed by atoms with Crippen LogP contribution in [0.4, 0.5) is 5.69 Å². The number of anilines is 1. The Labute approximate surface area is 134 Å². The van der Waals surface area contributed by atoms with Gasteiger partial charge >= 0.3 is 5.97 Å². The highest BCUT2D eigenvalue weighted by molar-refractivity contribution is 5.95. The fraction of sp³-hybridized carbons (Fsp3) is 0.294. The van der Waals surface area contributed by atoms with E-state index in [1.54, 1.807) is 4.57 Å². The van der Waals surface area contributed by atoms with Gasteiger partial charge in [-0.1, -0.05) is 0 Å². The van der Waals surface area contributed by atoms with Gasteiger partial charge in [0.2, 0.25) is 0 Å². The largest absolute Gasteiger partial charge is 0.493 e. The zero-order valence-electron chi connectivity index (χ0n) is 12.8. The molecular weight excluding hydrogens is 294 g/mol. The van der Waals surface area contributed by atoms with E-state index in [0.717, 1.165) is 12.4 Å². The SMILES string of the molecule is COC(=O)c1c(N)c(C#N)cn1-c1ccc(OCC2CC2)cc1. The van der Waals surface area contributed by atoms with E-state index in [1.807, 2.05) is 30.3 Å². The molecule has 6 nitrogen and oxygen atoms in total. The number of methoxy groups -OCH3 is 1. The molecule has 6 heteroatoms. The average molecular weight is 311 g/mol. The molecule has 0 bridgehead atoms. The van der Waals surface area contributed by atoms with Crippen LogP contribution in [0.5, 0.6) is 5.75 Å². The third-order valence-corrected chi connectivity index (χ3v) is 3.84. The van der Waals surface area contributed by atoms with Crippen LogP contribution in [0.1, 0.15) is 28.9 Å². The van der Waals surface area contributed by atoms with Crippen molar-refractivity contribution in [2.45, 2.75) is 12.8 Å². The molecule has 2 aromatic rings. The minimum absolute atomic E-state index is 0.119. The minimum Gasteiger partial charge on any atom is -0.493 e. The van der Waals surface area contributed by atoms with Crippen molar-refractivity contribution in [3.05, 3.63) is 41.7 Å². The molecule has 23 heavy (non-hydrogen) atoms. The minimum atomic E-state index is -0.585. The molecule has 0 amide bonds. The molecule has 0 spiro atoms. The number of esters is 1. The van der Waals surface area contributed by atoms with Gasteiger partial charge in [-0.25, -0.2) is 4.79 Å². The number of benzene rings is 1. The highest BCUT2D eigenvalue weighted by Crippen LogP contribution is 2.30. The lowest BCUT2D eigenvalue weighted by Gasteiger charge is -2.10. The number of hydrogen-bond acceptors (Lipinski definition) is 5. The molecule has 1 fully saturated rings. The van der Waals surface area contributed by atoms with Gasteiger partial charge < -0.3 is 19.8 Å². The van der Waals surface area contributed by atoms with Crippen LogP contribution in [-0.2, 0) is 4.74 Å². The van der Waals surface area contributed by atoms with E-state index in [-0.39, 0.29) is 16.9 Å². The molecule has 0 unspecified atom stereocenters. The summed E-state index contributed by atoms with van der Waals surface area (Å²) in [6.07, 6.45) is 4.00. The predicted molar refractivity (Wildman–Crippen MR) is 84.5 cm³/mol. The molecule has 0 atom stereocenters. The summed E-state index contributed by atoms with van der Waals surface area (Å²) < 4.78 is 12.0. The molecule has 1 aromatic heterocycles. The molecule has 1 aliphatic carbocycles. The molecule has 118 valence electrons. The predicted octanol–water partition coefficient (Wildman–Crippen LogP) is 2.51. The number of ether oxygens (including phenoxy) is 2. The molecule has 1 heterocycles. The summed E-state index contributed by atoms with van der Waals surface area (Å²) >= 11 is 0. The van der Waals surface area contributed by atoms with Crippen molar-refractivity contribution in [1.29, 1.82) is 5.26 Å². The Kier molecular flexibility index (Phi) is 3.94. The Morgan fingerprint density at radius 3 is 2.65 bits per heavy atom. The Balaban J connectivity index is 1.91. The molecule has 0 saturated heterocycles. The van der Waals surface area contributed by atoms with Gasteiger partial charge in [0.25, 0.3) is 0 Å². The number of nitrogens with zero attached hydrogens (tertiary/aromatic N) is 2. The third kappa shape index (κ3) is 2.99. The summed E-state index contributed by atoms with van der Waals surface area (Å²) in [5.41, 5.74) is 7.09. The number of nitrogens with two attached hydrogens (primary N) is 1. The first kappa shape index (κ1) is 15.0. The summed E-state index contributed by atoms with van der Waals surface area (Å²) in [6.45, 7) is 0.738. The fourth-order valence-electron chi connectivity index (χ4n) is 2.32. The first-order chi connectivity index (χ1) is 11.1. The van der Waals surface area contributed by atoms with Crippen molar-refractivity contribution < 1.29 is 14.3 Å². The first-order valence-electron chi connectivity index (χ1n) is 7.36. The van der Waals surface area contributed by atoms with E-state index in [4.69, 9.17) is 20.5 Å². The molecular formula is C17H17N3O3. The molecule has 1 saturated carbocycles. The molecule has 3 rings (SSSR count). The van der Waals surface area contributed by atoms with Gasteiger partial charge in [0.1, 0.15) is 11.8 Å². The lowest BCUT2D eigenvalue weighted by atomic mass is 10.2. The highest BCUT2D eigenvalue weighted by Gasteiger charge is 2.23. The number of aromatic nitrogens is 1. The number of rotatable bonds is 5. The van der Waals surface area contributed by atoms with E-state index in [0.29, 0.717) is 11.6 Å². The Bertz CT molecular complexity index is 768. The van der Waals surface area contributed by atoms with Gasteiger partial charge in [-0.05, 0) is 43.0 Å². The van der Waals surface area contributed by atoms with Gasteiger partial charge in [-0.15, -0.1) is 0 Å². The Morgan fingerprint density at radius 2 is 2.09 bits per heavy atom. The lowest BCUT2D eigenvalue weighted by Crippen LogP contribution is -2.11. The maximum absolute atomic E-state index is 12.0. The first-order valence-corrected chi connectivity index (χ1v) is 7.36. The smallest absolute Gasteiger partial charge is 0.357 e. The average Bonchev–Trinajstić information content (AvgIpc) is 3.35. The van der Waals surface area contributed by atoms with E-state index in [9.17, 15) is 4.79 Å². The van der Waals surface area contributed by atoms with Gasteiger partial charge in [-0.3, -0.25) is 0 Å². The van der Waals surface area contributed by atoms with Crippen molar-refractivity contribution in [3.63, 3.8) is 0 Å². The van der Waals surface area contributed by atoms with Gasteiger partial charge in [0, 0.05) is 11.9 Å². The van der Waals surface area contributed by atoms with Crippen LogP contribution < -0.4 is 10.5 Å². The van der Waals surface area contributed by atoms with Crippen LogP contribution in [0.15, 0.2) is 30.5 Å². The van der Waals surface area contributed by atoms with Crippen LogP contribution >= 0.6 is 0 Å². The lowest BCUT2D eigenvalue weighted by molar-refractivity contribution is 0.0593. The van der Waals surface area contributed by atoms with Crippen molar-refractivity contribution in [1.82, 2.24) is 4.57 Å². The van der Waals surface area contributed by atoms with Crippen LogP contribution in [0.3, 0.4) is 0 Å². The third-order valence-electron chi connectivity index (χ3n) is 3.84. The summed E-state index contributed by atoms with van der Waals surface area (Å²) in [5.74, 6) is 0.877. The number of nitriles is 1. The topological polar surface area (TPSA) is 90.3 Å². The maximum atomic E-state index is 12.0. The Hall–Kier alpha value is -2.94. The number of nitrogen functional groups attached to an aromatic ring is 1. The summed E-state index contributed by atoms with van der Waals surface area (Å²) in [4.78, 5) is 12.0. The van der Waals surface area contributed by atoms with Gasteiger partial charge in [-0.2, -0.15) is 5.26 Å². The second-order valence-electron chi connectivity index (χ2n) is 5.53. The second kappa shape index (κ2) is 6.05. The quantitative estimate of drug-likeness (QED) is 0.857. The van der Waals surface area contributed by atoms with E-state index in [2.05, 4.69) is 0 Å². The van der Waals surface area contributed by atoms with Crippen molar-refractivity contribution in [2.75, 3.05) is 19.5 Å². The van der Waals surface area contributed by atoms with Crippen LogP contribution in [0.2, 0.25) is 0 Å². The monoisotopic (exact) mass is 311 g/mol. The van der Waals surface area contributed by atoms with E-state index in [1.165, 1.54) is 26.1 Å². The summed E-state index contributed by atoms with van der Waals surface area (Å²) in [7, 11) is 1.28. The van der Waals surface area contributed by atoms with E-state index >= 15 is 0 Å². The number of carbonyl (C=O) groups excluding carboxylic acids is 1. The van der Waals surface area contributed by atoms with Crippen molar-refractivity contribution in [2.24, 2.45) is 5.92 Å². The van der Waals surface area contributed by atoms with Crippen molar-refractivity contribution in [3.8, 4) is 17.5 Å². The highest BCUT2D eigenvalue weighted by atomic mass is 16.5. The standard InChI is InChI=1S/C17H17N3O3/c1-22-17(21)16-15(19)12(8-18)9-20(16)13-4-6-14(7-5-13)23-10-11-2-3-11/h4-7,9,11H,2-3,10,19H2,1H3. The summed E-state index contributed by atoms with van der Waals surface area (Å²) in [6, 6.07) is 9.28. The molecule has 0 aliphatic heterocycles. The molecule has 0 radical (unpaired) electrons. The van der Waals surface area contributed by atoms with Crippen LogP contribution in [0.25, 0.3) is 5.69 Å². The maximum Gasteiger partial charge on any atom is 0.357 e. The van der Waals surface area contributed by atoms with Crippen molar-refractivity contribution >= 4 is 11.7 Å². The van der Waals surface area contributed by atoms with Crippen LogP contribution in [-0.4, -0.2) is 24.3 Å². The summed E-state index contributed by atoms with van der Waals surface area (Å²) in [5, 5.41) is 9.11. The van der Waals surface area contributed by atoms with Gasteiger partial charge in [0.15, 0.2) is 5.69 Å². The van der Waals surface area contributed by atoms with E-state index < -0.39 is 5.97 Å². The van der Waals surface area contributed by atoms with Crippen LogP contribution in [0, 0.1) is 17.2 Å². The number of carbonyl (C=O) groups is 1. The molecule has 1 aliphatic rings. The second-order valence-corrected chi connectivity index (χ2v) is 5.53. The zero-order valence-corrected chi connectivity index (χ0v) is 12.8.